The van der Waals surface area contributed by atoms with Gasteiger partial charge in [-0.05, 0) is 36.4 Å². The minimum Gasteiger partial charge on any atom is -0.462 e. The summed E-state index contributed by atoms with van der Waals surface area (Å²) in [7, 11) is 0. The topological polar surface area (TPSA) is 96.7 Å². The predicted molar refractivity (Wildman–Crippen MR) is 110 cm³/mol. The van der Waals surface area contributed by atoms with Gasteiger partial charge in [0.25, 0.3) is 5.91 Å². The summed E-state index contributed by atoms with van der Waals surface area (Å²) in [5.74, 6) is 0.256. The number of anilines is 2. The lowest BCUT2D eigenvalue weighted by atomic mass is 10.2. The van der Waals surface area contributed by atoms with Crippen LogP contribution in [0.25, 0.3) is 10.8 Å². The Kier molecular flexibility index (Phi) is 5.99. The standard InChI is InChI=1S/C20H20N4O4S/c25-18(12-24-7-10-27-11-8-24)21-14-3-5-15(6-4-14)22-19(26)16-13-29-20(23-16)17-2-1-9-28-17/h1-6,9,13H,7-8,10-12H2,(H,21,25)(H,22,26). The highest BCUT2D eigenvalue weighted by atomic mass is 32.1. The van der Waals surface area contributed by atoms with E-state index in [-0.39, 0.29) is 11.8 Å². The van der Waals surface area contributed by atoms with Crippen molar-refractivity contribution in [1.29, 1.82) is 0 Å². The van der Waals surface area contributed by atoms with Gasteiger partial charge in [-0.25, -0.2) is 4.98 Å². The van der Waals surface area contributed by atoms with Crippen molar-refractivity contribution in [2.75, 3.05) is 43.5 Å². The van der Waals surface area contributed by atoms with Gasteiger partial charge in [0, 0.05) is 29.8 Å². The van der Waals surface area contributed by atoms with Crippen LogP contribution in [0.2, 0.25) is 0 Å². The van der Waals surface area contributed by atoms with Gasteiger partial charge in [-0.1, -0.05) is 0 Å². The number of benzene rings is 1. The monoisotopic (exact) mass is 412 g/mol. The fourth-order valence-electron chi connectivity index (χ4n) is 2.89. The van der Waals surface area contributed by atoms with E-state index in [0.29, 0.717) is 47.6 Å². The molecule has 3 heterocycles. The van der Waals surface area contributed by atoms with E-state index in [1.807, 2.05) is 0 Å². The number of ether oxygens (including phenoxy) is 1. The number of morpholine rings is 1. The molecule has 3 aromatic rings. The third kappa shape index (κ3) is 5.08. The molecule has 0 bridgehead atoms. The maximum absolute atomic E-state index is 12.4. The Morgan fingerprint density at radius 2 is 1.79 bits per heavy atom. The Morgan fingerprint density at radius 3 is 2.48 bits per heavy atom. The molecule has 0 spiro atoms. The van der Waals surface area contributed by atoms with Crippen LogP contribution in [-0.4, -0.2) is 54.5 Å². The van der Waals surface area contributed by atoms with Crippen LogP contribution in [0.5, 0.6) is 0 Å². The van der Waals surface area contributed by atoms with E-state index in [9.17, 15) is 9.59 Å². The zero-order chi connectivity index (χ0) is 20.1. The van der Waals surface area contributed by atoms with Crippen molar-refractivity contribution in [3.63, 3.8) is 0 Å². The van der Waals surface area contributed by atoms with E-state index in [1.54, 1.807) is 48.0 Å². The van der Waals surface area contributed by atoms with Crippen LogP contribution in [0, 0.1) is 0 Å². The van der Waals surface area contributed by atoms with Gasteiger partial charge in [0.2, 0.25) is 5.91 Å². The highest BCUT2D eigenvalue weighted by molar-refractivity contribution is 7.13. The molecule has 1 aliphatic heterocycles. The van der Waals surface area contributed by atoms with Gasteiger partial charge < -0.3 is 19.8 Å². The highest BCUT2D eigenvalue weighted by Gasteiger charge is 2.15. The van der Waals surface area contributed by atoms with Gasteiger partial charge >= 0.3 is 0 Å². The number of nitrogens with zero attached hydrogens (tertiary/aromatic N) is 2. The number of aromatic nitrogens is 1. The molecule has 8 nitrogen and oxygen atoms in total. The molecule has 2 amide bonds. The molecule has 29 heavy (non-hydrogen) atoms. The lowest BCUT2D eigenvalue weighted by Gasteiger charge is -2.25. The molecule has 150 valence electrons. The Bertz CT molecular complexity index is 963. The zero-order valence-corrected chi connectivity index (χ0v) is 16.4. The number of rotatable bonds is 6. The first kappa shape index (κ1) is 19.3. The largest absolute Gasteiger partial charge is 0.462 e. The molecule has 0 saturated carbocycles. The number of nitrogens with one attached hydrogen (secondary N) is 2. The second-order valence-corrected chi connectivity index (χ2v) is 7.34. The summed E-state index contributed by atoms with van der Waals surface area (Å²) < 4.78 is 10.6. The second-order valence-electron chi connectivity index (χ2n) is 6.48. The predicted octanol–water partition coefficient (Wildman–Crippen LogP) is 2.93. The third-order valence-corrected chi connectivity index (χ3v) is 5.22. The molecule has 1 aliphatic rings. The van der Waals surface area contributed by atoms with E-state index < -0.39 is 0 Å². The maximum atomic E-state index is 12.4. The lowest BCUT2D eigenvalue weighted by Crippen LogP contribution is -2.41. The van der Waals surface area contributed by atoms with Crippen LogP contribution in [-0.2, 0) is 9.53 Å². The molecule has 0 radical (unpaired) electrons. The maximum Gasteiger partial charge on any atom is 0.275 e. The first-order valence-corrected chi connectivity index (χ1v) is 10.1. The average molecular weight is 412 g/mol. The molecule has 1 saturated heterocycles. The number of furan rings is 1. The normalized spacial score (nSPS) is 14.5. The summed E-state index contributed by atoms with van der Waals surface area (Å²) in [6, 6.07) is 10.6. The molecular formula is C20H20N4O4S. The van der Waals surface area contributed by atoms with Gasteiger partial charge in [-0.3, -0.25) is 14.5 Å². The van der Waals surface area contributed by atoms with Crippen LogP contribution in [0.15, 0.2) is 52.5 Å². The summed E-state index contributed by atoms with van der Waals surface area (Å²) >= 11 is 1.34. The van der Waals surface area contributed by atoms with Crippen molar-refractivity contribution >= 4 is 34.5 Å². The zero-order valence-electron chi connectivity index (χ0n) is 15.6. The number of carbonyl (C=O) groups excluding carboxylic acids is 2. The summed E-state index contributed by atoms with van der Waals surface area (Å²) in [6.45, 7) is 3.17. The number of thiazole rings is 1. The van der Waals surface area contributed by atoms with Crippen molar-refractivity contribution in [3.05, 3.63) is 53.7 Å². The number of hydrogen-bond donors (Lipinski definition) is 2. The Morgan fingerprint density at radius 1 is 1.07 bits per heavy atom. The highest BCUT2D eigenvalue weighted by Crippen LogP contribution is 2.24. The molecule has 2 N–H and O–H groups in total. The van der Waals surface area contributed by atoms with Gasteiger partial charge in [-0.2, -0.15) is 0 Å². The number of amides is 2. The molecule has 0 atom stereocenters. The van der Waals surface area contributed by atoms with E-state index in [0.717, 1.165) is 13.1 Å². The smallest absolute Gasteiger partial charge is 0.275 e. The molecule has 0 unspecified atom stereocenters. The van der Waals surface area contributed by atoms with Gasteiger partial charge in [0.05, 0.1) is 26.0 Å². The molecule has 0 aliphatic carbocycles. The third-order valence-electron chi connectivity index (χ3n) is 4.37. The summed E-state index contributed by atoms with van der Waals surface area (Å²) in [4.78, 5) is 30.9. The van der Waals surface area contributed by atoms with E-state index in [2.05, 4.69) is 20.5 Å². The number of hydrogen-bond acceptors (Lipinski definition) is 7. The Labute approximate surface area is 171 Å². The quantitative estimate of drug-likeness (QED) is 0.646. The minimum absolute atomic E-state index is 0.0726. The summed E-state index contributed by atoms with van der Waals surface area (Å²) in [6.07, 6.45) is 1.57. The minimum atomic E-state index is -0.303. The second kappa shape index (κ2) is 8.99. The van der Waals surface area contributed by atoms with E-state index >= 15 is 0 Å². The molecular weight excluding hydrogens is 392 g/mol. The van der Waals surface area contributed by atoms with Crippen LogP contribution in [0.1, 0.15) is 10.5 Å². The molecule has 4 rings (SSSR count). The fourth-order valence-corrected chi connectivity index (χ4v) is 3.65. The first-order chi connectivity index (χ1) is 14.2. The van der Waals surface area contributed by atoms with Crippen molar-refractivity contribution in [2.24, 2.45) is 0 Å². The summed E-state index contributed by atoms with van der Waals surface area (Å²) in [5, 5.41) is 8.01. The molecule has 9 heteroatoms. The van der Waals surface area contributed by atoms with Crippen molar-refractivity contribution < 1.29 is 18.7 Å². The van der Waals surface area contributed by atoms with Crippen LogP contribution in [0.3, 0.4) is 0 Å². The van der Waals surface area contributed by atoms with Gasteiger partial charge in [0.15, 0.2) is 10.8 Å². The SMILES string of the molecule is O=C(CN1CCOCC1)Nc1ccc(NC(=O)c2csc(-c3ccco3)n2)cc1. The van der Waals surface area contributed by atoms with Crippen molar-refractivity contribution in [2.45, 2.75) is 0 Å². The van der Waals surface area contributed by atoms with Crippen LogP contribution < -0.4 is 10.6 Å². The van der Waals surface area contributed by atoms with Crippen LogP contribution >= 0.6 is 11.3 Å². The van der Waals surface area contributed by atoms with E-state index in [4.69, 9.17) is 9.15 Å². The fraction of sp³-hybridized carbons (Fsp3) is 0.250. The van der Waals surface area contributed by atoms with Crippen molar-refractivity contribution in [3.8, 4) is 10.8 Å². The van der Waals surface area contributed by atoms with Crippen LogP contribution in [0.4, 0.5) is 11.4 Å². The van der Waals surface area contributed by atoms with Gasteiger partial charge in [0.1, 0.15) is 5.69 Å². The first-order valence-electron chi connectivity index (χ1n) is 9.18. The molecule has 1 aromatic carbocycles. The lowest BCUT2D eigenvalue weighted by molar-refractivity contribution is -0.118. The van der Waals surface area contributed by atoms with E-state index in [1.165, 1.54) is 11.3 Å². The van der Waals surface area contributed by atoms with Gasteiger partial charge in [-0.15, -0.1) is 11.3 Å². The Hall–Kier alpha value is -3.01. The molecule has 2 aromatic heterocycles. The summed E-state index contributed by atoms with van der Waals surface area (Å²) in [5.41, 5.74) is 1.62. The average Bonchev–Trinajstić information content (AvgIpc) is 3.42. The Balaban J connectivity index is 1.31. The van der Waals surface area contributed by atoms with Crippen molar-refractivity contribution in [1.82, 2.24) is 9.88 Å². The number of carbonyl (C=O) groups is 2. The molecule has 1 fully saturated rings.